The summed E-state index contributed by atoms with van der Waals surface area (Å²) >= 11 is 0. The third-order valence-corrected chi connectivity index (χ3v) is 5.48. The highest BCUT2D eigenvalue weighted by Crippen LogP contribution is 2.55. The lowest BCUT2D eigenvalue weighted by molar-refractivity contribution is -0.189. The van der Waals surface area contributed by atoms with E-state index in [4.69, 9.17) is 5.73 Å². The van der Waals surface area contributed by atoms with E-state index in [-0.39, 0.29) is 0 Å². The molecule has 3 nitrogen and oxygen atoms in total. The van der Waals surface area contributed by atoms with E-state index in [2.05, 4.69) is 5.32 Å². The van der Waals surface area contributed by atoms with E-state index >= 15 is 0 Å². The van der Waals surface area contributed by atoms with Crippen molar-refractivity contribution in [3.8, 4) is 0 Å². The maximum Gasteiger partial charge on any atom is 0.415 e. The van der Waals surface area contributed by atoms with E-state index in [1.165, 1.54) is 19.3 Å². The molecule has 1 atom stereocenters. The normalized spacial score (nSPS) is 42.4. The molecule has 0 aliphatic heterocycles. The number of amides is 1. The molecule has 0 radical (unpaired) electrons. The number of alkyl halides is 3. The number of carbonyl (C=O) groups excluding carboxylic acids is 1. The summed E-state index contributed by atoms with van der Waals surface area (Å²) in [4.78, 5) is 12.0. The highest BCUT2D eigenvalue weighted by Gasteiger charge is 2.57. The van der Waals surface area contributed by atoms with E-state index in [0.717, 1.165) is 26.2 Å². The Labute approximate surface area is 116 Å². The van der Waals surface area contributed by atoms with Crippen molar-refractivity contribution in [1.29, 1.82) is 0 Å². The van der Waals surface area contributed by atoms with Crippen LogP contribution in [0.3, 0.4) is 0 Å². The van der Waals surface area contributed by atoms with Crippen LogP contribution in [0.4, 0.5) is 13.2 Å². The van der Waals surface area contributed by atoms with E-state index in [1.807, 2.05) is 0 Å². The van der Waals surface area contributed by atoms with Crippen molar-refractivity contribution in [3.63, 3.8) is 0 Å². The van der Waals surface area contributed by atoms with Crippen molar-refractivity contribution < 1.29 is 18.0 Å². The molecule has 0 aromatic rings. The molecule has 4 saturated carbocycles. The molecule has 114 valence electrons. The monoisotopic (exact) mass is 290 g/mol. The van der Waals surface area contributed by atoms with E-state index in [0.29, 0.717) is 17.8 Å². The molecular weight excluding hydrogens is 269 g/mol. The summed E-state index contributed by atoms with van der Waals surface area (Å²) in [7, 11) is 0. The zero-order valence-electron chi connectivity index (χ0n) is 11.6. The number of hydrogen-bond acceptors (Lipinski definition) is 2. The molecule has 0 aromatic carbocycles. The van der Waals surface area contributed by atoms with Crippen molar-refractivity contribution in [2.75, 3.05) is 0 Å². The van der Waals surface area contributed by atoms with Crippen molar-refractivity contribution in [2.45, 2.75) is 62.7 Å². The van der Waals surface area contributed by atoms with Gasteiger partial charge in [-0.2, -0.15) is 13.2 Å². The fourth-order valence-electron chi connectivity index (χ4n) is 4.76. The van der Waals surface area contributed by atoms with Gasteiger partial charge in [-0.05, 0) is 63.2 Å². The van der Waals surface area contributed by atoms with Crippen LogP contribution in [0, 0.1) is 17.8 Å². The zero-order chi connectivity index (χ0) is 14.8. The summed E-state index contributed by atoms with van der Waals surface area (Å²) < 4.78 is 38.6. The SMILES string of the molecule is CC(N)(C(=O)NC12CC3CC(CC(C3)C1)C2)C(F)(F)F. The second kappa shape index (κ2) is 4.12. The number of nitrogens with one attached hydrogen (secondary N) is 1. The first-order valence-corrected chi connectivity index (χ1v) is 7.29. The molecule has 3 N–H and O–H groups in total. The van der Waals surface area contributed by atoms with Crippen molar-refractivity contribution >= 4 is 5.91 Å². The fourth-order valence-corrected chi connectivity index (χ4v) is 4.76. The van der Waals surface area contributed by atoms with Gasteiger partial charge in [0.1, 0.15) is 0 Å². The third kappa shape index (κ3) is 2.12. The third-order valence-electron chi connectivity index (χ3n) is 5.48. The maximum absolute atomic E-state index is 12.9. The zero-order valence-corrected chi connectivity index (χ0v) is 11.6. The highest BCUT2D eigenvalue weighted by molar-refractivity contribution is 5.87. The molecule has 0 spiro atoms. The van der Waals surface area contributed by atoms with Crippen molar-refractivity contribution in [2.24, 2.45) is 23.5 Å². The Morgan fingerprint density at radius 2 is 1.50 bits per heavy atom. The molecule has 1 unspecified atom stereocenters. The molecule has 4 bridgehead atoms. The lowest BCUT2D eigenvalue weighted by Gasteiger charge is -2.57. The molecule has 0 heterocycles. The second-order valence-corrected chi connectivity index (χ2v) is 7.35. The maximum atomic E-state index is 12.9. The molecule has 4 fully saturated rings. The van der Waals surface area contributed by atoms with Gasteiger partial charge in [0, 0.05) is 5.54 Å². The Balaban J connectivity index is 1.76. The average Bonchev–Trinajstić information content (AvgIpc) is 2.24. The minimum absolute atomic E-state index is 0.433. The van der Waals surface area contributed by atoms with Crippen LogP contribution in [0.2, 0.25) is 0 Å². The van der Waals surface area contributed by atoms with Crippen LogP contribution in [0.5, 0.6) is 0 Å². The van der Waals surface area contributed by atoms with Gasteiger partial charge in [0.2, 0.25) is 5.91 Å². The van der Waals surface area contributed by atoms with Crippen molar-refractivity contribution in [1.82, 2.24) is 5.32 Å². The Morgan fingerprint density at radius 1 is 1.10 bits per heavy atom. The van der Waals surface area contributed by atoms with Gasteiger partial charge in [-0.25, -0.2) is 0 Å². The molecule has 4 aliphatic carbocycles. The summed E-state index contributed by atoms with van der Waals surface area (Å²) in [6.45, 7) is 0.753. The van der Waals surface area contributed by atoms with Gasteiger partial charge >= 0.3 is 6.18 Å². The summed E-state index contributed by atoms with van der Waals surface area (Å²) in [5.41, 5.74) is 1.99. The summed E-state index contributed by atoms with van der Waals surface area (Å²) in [6, 6.07) is 0. The van der Waals surface area contributed by atoms with E-state index in [1.54, 1.807) is 0 Å². The van der Waals surface area contributed by atoms with Gasteiger partial charge in [0.15, 0.2) is 5.54 Å². The van der Waals surface area contributed by atoms with Gasteiger partial charge in [0.05, 0.1) is 0 Å². The van der Waals surface area contributed by atoms with Gasteiger partial charge in [-0.1, -0.05) is 0 Å². The van der Waals surface area contributed by atoms with E-state index in [9.17, 15) is 18.0 Å². The average molecular weight is 290 g/mol. The quantitative estimate of drug-likeness (QED) is 0.820. The second-order valence-electron chi connectivity index (χ2n) is 7.35. The molecule has 4 rings (SSSR count). The Hall–Kier alpha value is -0.780. The summed E-state index contributed by atoms with van der Waals surface area (Å²) in [5, 5.41) is 2.69. The van der Waals surface area contributed by atoms with E-state index < -0.39 is 23.2 Å². The molecule has 6 heteroatoms. The van der Waals surface area contributed by atoms with Gasteiger partial charge in [-0.15, -0.1) is 0 Å². The molecule has 0 saturated heterocycles. The van der Waals surface area contributed by atoms with Crippen LogP contribution < -0.4 is 11.1 Å². The minimum Gasteiger partial charge on any atom is -0.349 e. The molecular formula is C14H21F3N2O. The standard InChI is InChI=1S/C14H21F3N2O/c1-12(18,14(15,16)17)11(20)19-13-5-8-2-9(6-13)4-10(3-8)7-13/h8-10H,2-7,18H2,1H3,(H,19,20). The Bertz CT molecular complexity index is 395. The number of carbonyl (C=O) groups is 1. The summed E-state index contributed by atoms with van der Waals surface area (Å²) in [5.74, 6) is 0.622. The lowest BCUT2D eigenvalue weighted by atomic mass is 9.53. The topological polar surface area (TPSA) is 55.1 Å². The summed E-state index contributed by atoms with van der Waals surface area (Å²) in [6.07, 6.45) is 1.26. The van der Waals surface area contributed by atoms with Crippen molar-refractivity contribution in [3.05, 3.63) is 0 Å². The number of rotatable bonds is 2. The van der Waals surface area contributed by atoms with Crippen LogP contribution in [0.1, 0.15) is 45.4 Å². The fraction of sp³-hybridized carbons (Fsp3) is 0.929. The van der Waals surface area contributed by atoms with Crippen LogP contribution in [-0.4, -0.2) is 23.2 Å². The Kier molecular flexibility index (Phi) is 2.92. The Morgan fingerprint density at radius 3 is 1.85 bits per heavy atom. The smallest absolute Gasteiger partial charge is 0.349 e. The van der Waals surface area contributed by atoms with Crippen LogP contribution in [0.15, 0.2) is 0 Å². The van der Waals surface area contributed by atoms with Crippen LogP contribution >= 0.6 is 0 Å². The van der Waals surface area contributed by atoms with Gasteiger partial charge < -0.3 is 11.1 Å². The lowest BCUT2D eigenvalue weighted by Crippen LogP contribution is -2.68. The van der Waals surface area contributed by atoms with Gasteiger partial charge in [0.25, 0.3) is 0 Å². The first kappa shape index (κ1) is 14.2. The van der Waals surface area contributed by atoms with Crippen LogP contribution in [-0.2, 0) is 4.79 Å². The predicted molar refractivity (Wildman–Crippen MR) is 67.7 cm³/mol. The first-order valence-electron chi connectivity index (χ1n) is 7.29. The number of halogens is 3. The minimum atomic E-state index is -4.72. The number of hydrogen-bond donors (Lipinski definition) is 2. The van der Waals surface area contributed by atoms with Gasteiger partial charge in [-0.3, -0.25) is 4.79 Å². The molecule has 1 amide bonds. The molecule has 20 heavy (non-hydrogen) atoms. The highest BCUT2D eigenvalue weighted by atomic mass is 19.4. The largest absolute Gasteiger partial charge is 0.415 e. The molecule has 0 aromatic heterocycles. The predicted octanol–water partition coefficient (Wildman–Crippen LogP) is 2.35. The van der Waals surface area contributed by atoms with Crippen LogP contribution in [0.25, 0.3) is 0 Å². The first-order chi connectivity index (χ1) is 9.11. The number of nitrogens with two attached hydrogens (primary N) is 1. The molecule has 4 aliphatic rings.